The molecule has 1 atom stereocenters. The summed E-state index contributed by atoms with van der Waals surface area (Å²) in [4.78, 5) is 44.4. The zero-order valence-corrected chi connectivity index (χ0v) is 25.1. The van der Waals surface area contributed by atoms with E-state index in [9.17, 15) is 19.5 Å². The minimum Gasteiger partial charge on any atom is -0.438 e. The molecule has 2 amide bonds. The van der Waals surface area contributed by atoms with Crippen LogP contribution in [-0.4, -0.2) is 60.0 Å². The monoisotopic (exact) mass is 598 g/mol. The first kappa shape index (κ1) is 29.6. The van der Waals surface area contributed by atoms with E-state index < -0.39 is 17.3 Å². The number of hydrogen-bond acceptors (Lipinski definition) is 7. The number of fused-ring (bicyclic) bond motifs is 1. The Morgan fingerprint density at radius 3 is 2.32 bits per heavy atom. The fourth-order valence-electron chi connectivity index (χ4n) is 6.54. The van der Waals surface area contributed by atoms with E-state index in [2.05, 4.69) is 10.1 Å². The summed E-state index contributed by atoms with van der Waals surface area (Å²) >= 11 is 0. The van der Waals surface area contributed by atoms with E-state index in [4.69, 9.17) is 10.5 Å². The number of aromatic nitrogens is 4. The fourth-order valence-corrected chi connectivity index (χ4v) is 6.54. The highest BCUT2D eigenvalue weighted by Gasteiger charge is 2.42. The zero-order chi connectivity index (χ0) is 31.1. The minimum absolute atomic E-state index is 0.0692. The molecule has 4 aromatic rings. The molecule has 3 N–H and O–H groups in total. The molecule has 1 saturated heterocycles. The molecule has 0 spiro atoms. The van der Waals surface area contributed by atoms with Crippen LogP contribution in [0.3, 0.4) is 0 Å². The molecule has 2 aromatic heterocycles. The summed E-state index contributed by atoms with van der Waals surface area (Å²) in [5, 5.41) is 15.9. The Balaban J connectivity index is 1.15. The molecule has 2 fully saturated rings. The number of piperidine rings is 1. The van der Waals surface area contributed by atoms with Crippen LogP contribution in [0.25, 0.3) is 22.3 Å². The van der Waals surface area contributed by atoms with E-state index in [0.29, 0.717) is 43.6 Å². The van der Waals surface area contributed by atoms with Gasteiger partial charge < -0.3 is 20.5 Å². The lowest BCUT2D eigenvalue weighted by molar-refractivity contribution is -0.136. The second kappa shape index (κ2) is 11.5. The standard InChI is InChI=1S/C33H38N6O5/c1-22(23-7-4-3-5-8-23)19-26(40)38-17-15-32(43,16-18-38)20-39-21-35-27-28(30(39)41)36-37(2)29(27)24-9-11-25(12-10-24)33(13-6-14-33)44-31(34)42/h3-5,7-12,21-22,43H,6,13-20H2,1-2H3,(H2,34,42). The Morgan fingerprint density at radius 2 is 1.70 bits per heavy atom. The van der Waals surface area contributed by atoms with Crippen LogP contribution < -0.4 is 11.3 Å². The summed E-state index contributed by atoms with van der Waals surface area (Å²) in [6.45, 7) is 2.97. The maximum absolute atomic E-state index is 13.5. The third-order valence-corrected chi connectivity index (χ3v) is 9.31. The van der Waals surface area contributed by atoms with Crippen LogP contribution in [0.4, 0.5) is 4.79 Å². The number of rotatable bonds is 8. The molecule has 3 heterocycles. The van der Waals surface area contributed by atoms with Crippen LogP contribution in [0.1, 0.15) is 62.5 Å². The van der Waals surface area contributed by atoms with Crippen molar-refractivity contribution in [3.05, 3.63) is 82.4 Å². The minimum atomic E-state index is -1.14. The molecule has 11 heteroatoms. The number of carbonyl (C=O) groups excluding carboxylic acids is 2. The van der Waals surface area contributed by atoms with Crippen molar-refractivity contribution in [1.29, 1.82) is 0 Å². The molecule has 1 aliphatic carbocycles. The number of benzene rings is 2. The number of hydrogen-bond donors (Lipinski definition) is 2. The average Bonchev–Trinajstić information content (AvgIpc) is 3.33. The number of nitrogens with two attached hydrogens (primary N) is 1. The molecule has 44 heavy (non-hydrogen) atoms. The molecular formula is C33H38N6O5. The third-order valence-electron chi connectivity index (χ3n) is 9.31. The maximum atomic E-state index is 13.5. The van der Waals surface area contributed by atoms with Gasteiger partial charge in [-0.25, -0.2) is 9.78 Å². The highest BCUT2D eigenvalue weighted by Crippen LogP contribution is 2.45. The van der Waals surface area contributed by atoms with Gasteiger partial charge in [0.05, 0.1) is 24.2 Å². The Hall–Kier alpha value is -4.51. The molecule has 2 aromatic carbocycles. The van der Waals surface area contributed by atoms with Crippen LogP contribution in [0.15, 0.2) is 65.7 Å². The molecule has 0 bridgehead atoms. The molecule has 1 unspecified atom stereocenters. The average molecular weight is 599 g/mol. The van der Waals surface area contributed by atoms with E-state index in [1.54, 1.807) is 16.6 Å². The first-order chi connectivity index (χ1) is 21.1. The highest BCUT2D eigenvalue weighted by molar-refractivity contribution is 5.89. The predicted molar refractivity (Wildman–Crippen MR) is 165 cm³/mol. The molecule has 230 valence electrons. The quantitative estimate of drug-likeness (QED) is 0.314. The van der Waals surface area contributed by atoms with E-state index in [-0.39, 0.29) is 29.4 Å². The second-order valence-corrected chi connectivity index (χ2v) is 12.3. The molecule has 6 rings (SSSR count). The summed E-state index contributed by atoms with van der Waals surface area (Å²) in [5.74, 6) is 0.179. The molecule has 0 radical (unpaired) electrons. The Labute approximate surface area is 255 Å². The highest BCUT2D eigenvalue weighted by atomic mass is 16.6. The van der Waals surface area contributed by atoms with E-state index >= 15 is 0 Å². The van der Waals surface area contributed by atoms with Gasteiger partial charge in [0.2, 0.25) is 5.91 Å². The van der Waals surface area contributed by atoms with Crippen LogP contribution in [0, 0.1) is 0 Å². The van der Waals surface area contributed by atoms with Crippen molar-refractivity contribution in [2.75, 3.05) is 13.1 Å². The van der Waals surface area contributed by atoms with Crippen molar-refractivity contribution in [2.24, 2.45) is 12.8 Å². The number of aryl methyl sites for hydroxylation is 1. The van der Waals surface area contributed by atoms with Gasteiger partial charge >= 0.3 is 6.09 Å². The number of ether oxygens (including phenoxy) is 1. The van der Waals surface area contributed by atoms with Crippen molar-refractivity contribution in [3.63, 3.8) is 0 Å². The van der Waals surface area contributed by atoms with Gasteiger partial charge in [-0.05, 0) is 49.1 Å². The second-order valence-electron chi connectivity index (χ2n) is 12.3. The van der Waals surface area contributed by atoms with Crippen LogP contribution in [-0.2, 0) is 28.7 Å². The number of aliphatic hydroxyl groups is 1. The Morgan fingerprint density at radius 1 is 1.02 bits per heavy atom. The van der Waals surface area contributed by atoms with E-state index in [1.807, 2.05) is 61.5 Å². The summed E-state index contributed by atoms with van der Waals surface area (Å²) in [7, 11) is 1.76. The van der Waals surface area contributed by atoms with Gasteiger partial charge in [0.15, 0.2) is 5.52 Å². The van der Waals surface area contributed by atoms with Crippen molar-refractivity contribution in [2.45, 2.75) is 69.1 Å². The van der Waals surface area contributed by atoms with Crippen molar-refractivity contribution in [1.82, 2.24) is 24.2 Å². The predicted octanol–water partition coefficient (Wildman–Crippen LogP) is 3.82. The van der Waals surface area contributed by atoms with E-state index in [1.165, 1.54) is 10.9 Å². The summed E-state index contributed by atoms with van der Waals surface area (Å²) < 4.78 is 8.51. The lowest BCUT2D eigenvalue weighted by Gasteiger charge is -2.40. The van der Waals surface area contributed by atoms with E-state index in [0.717, 1.165) is 36.0 Å². The number of primary amides is 1. The number of nitrogens with zero attached hydrogens (tertiary/aromatic N) is 5. The topological polar surface area (TPSA) is 146 Å². The molecule has 2 aliphatic rings. The zero-order valence-electron chi connectivity index (χ0n) is 25.1. The molecule has 11 nitrogen and oxygen atoms in total. The SMILES string of the molecule is CC(CC(=O)N1CCC(O)(Cn2cnc3c(-c4ccc(C5(OC(N)=O)CCC5)cc4)n(C)nc3c2=O)CC1)c1ccccc1. The lowest BCUT2D eigenvalue weighted by Crippen LogP contribution is -2.49. The number of amides is 2. The Bertz CT molecular complexity index is 1730. The third kappa shape index (κ3) is 5.59. The number of likely N-dealkylation sites (tertiary alicyclic amines) is 1. The summed E-state index contributed by atoms with van der Waals surface area (Å²) in [6, 6.07) is 17.6. The first-order valence-corrected chi connectivity index (χ1v) is 15.1. The van der Waals surface area contributed by atoms with Gasteiger partial charge in [0.25, 0.3) is 5.56 Å². The summed E-state index contributed by atoms with van der Waals surface area (Å²) in [5.41, 5.74) is 7.34. The van der Waals surface area contributed by atoms with Crippen molar-refractivity contribution in [3.8, 4) is 11.3 Å². The van der Waals surface area contributed by atoms with Crippen LogP contribution in [0.2, 0.25) is 0 Å². The molecular weight excluding hydrogens is 560 g/mol. The fraction of sp³-hybridized carbons (Fsp3) is 0.424. The maximum Gasteiger partial charge on any atom is 0.405 e. The van der Waals surface area contributed by atoms with Crippen LogP contribution >= 0.6 is 0 Å². The van der Waals surface area contributed by atoms with Gasteiger partial charge in [0, 0.05) is 32.1 Å². The normalized spacial score (nSPS) is 18.0. The van der Waals surface area contributed by atoms with Gasteiger partial charge in [0.1, 0.15) is 11.1 Å². The van der Waals surface area contributed by atoms with Crippen LogP contribution in [0.5, 0.6) is 0 Å². The molecule has 1 aliphatic heterocycles. The first-order valence-electron chi connectivity index (χ1n) is 15.1. The van der Waals surface area contributed by atoms with Crippen molar-refractivity contribution >= 4 is 23.0 Å². The Kier molecular flexibility index (Phi) is 7.75. The van der Waals surface area contributed by atoms with Gasteiger partial charge in [-0.3, -0.25) is 18.8 Å². The van der Waals surface area contributed by atoms with Gasteiger partial charge in [-0.1, -0.05) is 61.5 Å². The largest absolute Gasteiger partial charge is 0.438 e. The molecule has 1 saturated carbocycles. The smallest absolute Gasteiger partial charge is 0.405 e. The van der Waals surface area contributed by atoms with Crippen molar-refractivity contribution < 1.29 is 19.4 Å². The lowest BCUT2D eigenvalue weighted by atomic mass is 9.74. The van der Waals surface area contributed by atoms with Gasteiger partial charge in [-0.2, -0.15) is 5.10 Å². The van der Waals surface area contributed by atoms with Gasteiger partial charge in [-0.15, -0.1) is 0 Å². The summed E-state index contributed by atoms with van der Waals surface area (Å²) in [6.07, 6.45) is 4.22. The number of carbonyl (C=O) groups is 2.